The van der Waals surface area contributed by atoms with Gasteiger partial charge in [-0.15, -0.1) is 0 Å². The third kappa shape index (κ3) is 3.13. The number of carbonyl (C=O) groups is 1. The van der Waals surface area contributed by atoms with E-state index in [4.69, 9.17) is 0 Å². The van der Waals surface area contributed by atoms with Crippen LogP contribution >= 0.6 is 0 Å². The average molecular weight is 284 g/mol. The van der Waals surface area contributed by atoms with Crippen molar-refractivity contribution < 1.29 is 4.79 Å². The maximum absolute atomic E-state index is 12.4. The molecule has 1 aliphatic heterocycles. The molecular formula is C16H20N4O. The van der Waals surface area contributed by atoms with Crippen LogP contribution in [0.5, 0.6) is 0 Å². The number of hydrogen-bond acceptors (Lipinski definition) is 3. The van der Waals surface area contributed by atoms with Gasteiger partial charge in [-0.2, -0.15) is 5.10 Å². The quantitative estimate of drug-likeness (QED) is 0.901. The van der Waals surface area contributed by atoms with E-state index in [-0.39, 0.29) is 11.3 Å². The van der Waals surface area contributed by atoms with Gasteiger partial charge in [-0.3, -0.25) is 9.48 Å². The molecule has 0 saturated carbocycles. The van der Waals surface area contributed by atoms with Crippen molar-refractivity contribution in [1.82, 2.24) is 15.1 Å². The molecule has 0 aliphatic carbocycles. The molecule has 1 unspecified atom stereocenters. The molecule has 0 spiro atoms. The lowest BCUT2D eigenvalue weighted by atomic mass is 9.88. The molecule has 2 aromatic rings. The monoisotopic (exact) mass is 284 g/mol. The Labute approximate surface area is 124 Å². The topological polar surface area (TPSA) is 59.0 Å². The van der Waals surface area contributed by atoms with E-state index in [9.17, 15) is 4.79 Å². The molecule has 1 aliphatic rings. The van der Waals surface area contributed by atoms with Crippen molar-refractivity contribution >= 4 is 11.6 Å². The molecule has 0 radical (unpaired) electrons. The fourth-order valence-electron chi connectivity index (χ4n) is 2.62. The molecule has 5 heteroatoms. The Balaban J connectivity index is 1.69. The lowest BCUT2D eigenvalue weighted by molar-refractivity contribution is -0.123. The van der Waals surface area contributed by atoms with Crippen LogP contribution in [0.4, 0.5) is 5.69 Å². The van der Waals surface area contributed by atoms with Crippen molar-refractivity contribution in [3.63, 3.8) is 0 Å². The molecule has 1 amide bonds. The van der Waals surface area contributed by atoms with Gasteiger partial charge in [-0.05, 0) is 43.7 Å². The predicted molar refractivity (Wildman–Crippen MR) is 82.0 cm³/mol. The Morgan fingerprint density at radius 2 is 2.38 bits per heavy atom. The molecule has 2 heterocycles. The number of amides is 1. The first-order chi connectivity index (χ1) is 10.2. The van der Waals surface area contributed by atoms with Crippen LogP contribution in [0.2, 0.25) is 0 Å². The highest BCUT2D eigenvalue weighted by Crippen LogP contribution is 2.26. The molecule has 5 nitrogen and oxygen atoms in total. The van der Waals surface area contributed by atoms with Crippen LogP contribution in [0.15, 0.2) is 42.7 Å². The summed E-state index contributed by atoms with van der Waals surface area (Å²) in [7, 11) is 0. The minimum Gasteiger partial charge on any atom is -0.326 e. The first-order valence-electron chi connectivity index (χ1n) is 7.24. The molecule has 1 aromatic carbocycles. The maximum atomic E-state index is 12.4. The fourth-order valence-corrected chi connectivity index (χ4v) is 2.62. The Morgan fingerprint density at radius 1 is 1.48 bits per heavy atom. The van der Waals surface area contributed by atoms with Crippen LogP contribution in [0.1, 0.15) is 18.9 Å². The van der Waals surface area contributed by atoms with E-state index < -0.39 is 0 Å². The van der Waals surface area contributed by atoms with Crippen LogP contribution in [-0.2, 0) is 11.3 Å². The molecule has 1 saturated heterocycles. The maximum Gasteiger partial charge on any atom is 0.231 e. The van der Waals surface area contributed by atoms with Crippen LogP contribution in [0.25, 0.3) is 0 Å². The van der Waals surface area contributed by atoms with Crippen LogP contribution in [0.3, 0.4) is 0 Å². The number of rotatable bonds is 4. The minimum atomic E-state index is -0.308. The predicted octanol–water partition coefficient (Wildman–Crippen LogP) is 1.87. The lowest BCUT2D eigenvalue weighted by Crippen LogP contribution is -2.35. The van der Waals surface area contributed by atoms with Crippen molar-refractivity contribution in [2.24, 2.45) is 5.41 Å². The van der Waals surface area contributed by atoms with E-state index in [1.165, 1.54) is 0 Å². The standard InChI is InChI=1S/C16H20N4O/c1-16(6-8-17-12-16)15(21)19-14-5-2-4-13(10-14)11-20-9-3-7-18-20/h2-5,7,9-10,17H,6,8,11-12H2,1H3,(H,19,21). The average Bonchev–Trinajstić information content (AvgIpc) is 3.12. The van der Waals surface area contributed by atoms with Crippen LogP contribution < -0.4 is 10.6 Å². The molecule has 21 heavy (non-hydrogen) atoms. The van der Waals surface area contributed by atoms with E-state index in [1.807, 2.05) is 48.1 Å². The first-order valence-corrected chi connectivity index (χ1v) is 7.24. The summed E-state index contributed by atoms with van der Waals surface area (Å²) in [5.74, 6) is 0.0868. The zero-order chi connectivity index (χ0) is 14.7. The Bertz CT molecular complexity index is 615. The first kappa shape index (κ1) is 13.8. The summed E-state index contributed by atoms with van der Waals surface area (Å²) in [6.07, 6.45) is 4.57. The SMILES string of the molecule is CC1(C(=O)Nc2cccc(Cn3cccn3)c2)CCNC1. The molecule has 3 rings (SSSR count). The van der Waals surface area contributed by atoms with E-state index in [0.717, 1.165) is 30.8 Å². The summed E-state index contributed by atoms with van der Waals surface area (Å²) in [6, 6.07) is 9.83. The van der Waals surface area contributed by atoms with E-state index in [2.05, 4.69) is 15.7 Å². The number of benzene rings is 1. The minimum absolute atomic E-state index is 0.0868. The molecule has 1 aromatic heterocycles. The number of nitrogens with zero attached hydrogens (tertiary/aromatic N) is 2. The Hall–Kier alpha value is -2.14. The summed E-state index contributed by atoms with van der Waals surface area (Å²) in [6.45, 7) is 4.36. The largest absolute Gasteiger partial charge is 0.326 e. The number of anilines is 1. The number of nitrogens with one attached hydrogen (secondary N) is 2. The molecular weight excluding hydrogens is 264 g/mol. The second-order valence-corrected chi connectivity index (χ2v) is 5.85. The van der Waals surface area contributed by atoms with Gasteiger partial charge in [0.2, 0.25) is 5.91 Å². The third-order valence-corrected chi connectivity index (χ3v) is 4.01. The van der Waals surface area contributed by atoms with Crippen molar-refractivity contribution in [2.45, 2.75) is 19.9 Å². The summed E-state index contributed by atoms with van der Waals surface area (Å²) in [5, 5.41) is 10.5. The van der Waals surface area contributed by atoms with Crippen molar-refractivity contribution in [2.75, 3.05) is 18.4 Å². The highest BCUT2D eigenvalue weighted by molar-refractivity contribution is 5.95. The summed E-state index contributed by atoms with van der Waals surface area (Å²) < 4.78 is 1.86. The fraction of sp³-hybridized carbons (Fsp3) is 0.375. The van der Waals surface area contributed by atoms with Gasteiger partial charge in [-0.25, -0.2) is 0 Å². The Kier molecular flexibility index (Phi) is 3.75. The zero-order valence-corrected chi connectivity index (χ0v) is 12.2. The van der Waals surface area contributed by atoms with Gasteiger partial charge >= 0.3 is 0 Å². The summed E-state index contributed by atoms with van der Waals surface area (Å²) in [5.41, 5.74) is 1.65. The zero-order valence-electron chi connectivity index (χ0n) is 12.2. The number of aromatic nitrogens is 2. The van der Waals surface area contributed by atoms with Gasteiger partial charge < -0.3 is 10.6 Å². The molecule has 1 atom stereocenters. The van der Waals surface area contributed by atoms with Crippen molar-refractivity contribution in [1.29, 1.82) is 0 Å². The normalized spacial score (nSPS) is 21.4. The highest BCUT2D eigenvalue weighted by Gasteiger charge is 2.36. The van der Waals surface area contributed by atoms with Crippen molar-refractivity contribution in [3.05, 3.63) is 48.3 Å². The van der Waals surface area contributed by atoms with E-state index in [1.54, 1.807) is 6.20 Å². The van der Waals surface area contributed by atoms with Gasteiger partial charge in [-0.1, -0.05) is 12.1 Å². The van der Waals surface area contributed by atoms with Gasteiger partial charge in [0.15, 0.2) is 0 Å². The lowest BCUT2D eigenvalue weighted by Gasteiger charge is -2.21. The Morgan fingerprint density at radius 3 is 3.10 bits per heavy atom. The van der Waals surface area contributed by atoms with Gasteiger partial charge in [0.25, 0.3) is 0 Å². The van der Waals surface area contributed by atoms with Crippen molar-refractivity contribution in [3.8, 4) is 0 Å². The third-order valence-electron chi connectivity index (χ3n) is 4.01. The molecule has 0 bridgehead atoms. The summed E-state index contributed by atoms with van der Waals surface area (Å²) in [4.78, 5) is 12.4. The van der Waals surface area contributed by atoms with Gasteiger partial charge in [0.05, 0.1) is 12.0 Å². The van der Waals surface area contributed by atoms with Gasteiger partial charge in [0.1, 0.15) is 0 Å². The van der Waals surface area contributed by atoms with E-state index >= 15 is 0 Å². The van der Waals surface area contributed by atoms with Gasteiger partial charge in [0, 0.05) is 24.6 Å². The molecule has 2 N–H and O–H groups in total. The highest BCUT2D eigenvalue weighted by atomic mass is 16.2. The summed E-state index contributed by atoms with van der Waals surface area (Å²) >= 11 is 0. The second kappa shape index (κ2) is 5.69. The molecule has 1 fully saturated rings. The smallest absolute Gasteiger partial charge is 0.231 e. The van der Waals surface area contributed by atoms with E-state index in [0.29, 0.717) is 6.54 Å². The van der Waals surface area contributed by atoms with Crippen LogP contribution in [0, 0.1) is 5.41 Å². The van der Waals surface area contributed by atoms with Crippen LogP contribution in [-0.4, -0.2) is 28.8 Å². The number of hydrogen-bond donors (Lipinski definition) is 2. The number of carbonyl (C=O) groups excluding carboxylic acids is 1. The second-order valence-electron chi connectivity index (χ2n) is 5.85. The molecule has 110 valence electrons.